The number of fused-ring (bicyclic) bond motifs is 3. The Morgan fingerprint density at radius 1 is 0.556 bits per heavy atom. The van der Waals surface area contributed by atoms with Crippen molar-refractivity contribution in [3.05, 3.63) is 90.5 Å². The summed E-state index contributed by atoms with van der Waals surface area (Å²) in [6, 6.07) is 25.7. The van der Waals surface area contributed by atoms with Crippen LogP contribution in [0.5, 0.6) is 0 Å². The van der Waals surface area contributed by atoms with Gasteiger partial charge in [-0.25, -0.2) is 15.0 Å². The molecule has 0 aliphatic carbocycles. The predicted octanol–water partition coefficient (Wildman–Crippen LogP) is 6.21. The van der Waals surface area contributed by atoms with Crippen LogP contribution in [0.2, 0.25) is 0 Å². The van der Waals surface area contributed by atoms with Gasteiger partial charge in [-0.3, -0.25) is 4.79 Å². The normalized spacial score (nSPS) is 11.6. The Bertz CT molecular complexity index is 1830. The highest BCUT2D eigenvalue weighted by Gasteiger charge is 2.15. The molecular formula is C28H16N4O4. The van der Waals surface area contributed by atoms with E-state index in [1.807, 2.05) is 54.6 Å². The summed E-state index contributed by atoms with van der Waals surface area (Å²) in [5.41, 5.74) is 12.2. The summed E-state index contributed by atoms with van der Waals surface area (Å²) in [7, 11) is 0. The van der Waals surface area contributed by atoms with E-state index in [0.717, 1.165) is 27.8 Å². The van der Waals surface area contributed by atoms with Crippen molar-refractivity contribution in [1.82, 2.24) is 15.0 Å². The Morgan fingerprint density at radius 2 is 1.03 bits per heavy atom. The maximum Gasteiger partial charge on any atom is 0.248 e. The molecule has 0 radical (unpaired) electrons. The van der Waals surface area contributed by atoms with Gasteiger partial charge in [-0.1, -0.05) is 12.1 Å². The molecule has 0 atom stereocenters. The molecule has 0 saturated heterocycles. The Labute approximate surface area is 203 Å². The van der Waals surface area contributed by atoms with Gasteiger partial charge in [-0.15, -0.1) is 0 Å². The summed E-state index contributed by atoms with van der Waals surface area (Å²) in [6.07, 6.45) is 0. The first-order chi connectivity index (χ1) is 17.6. The molecule has 0 saturated carbocycles. The SMILES string of the molecule is NC(=O)c1ccc(-c2nc3cc4nc(-c5ccc(-c6nc7ccccc7o6)cc5)oc4cc3o2)cc1. The lowest BCUT2D eigenvalue weighted by Gasteiger charge is -1.97. The average molecular weight is 472 g/mol. The first kappa shape index (κ1) is 20.2. The van der Waals surface area contributed by atoms with Gasteiger partial charge in [-0.2, -0.15) is 0 Å². The predicted molar refractivity (Wildman–Crippen MR) is 134 cm³/mol. The highest BCUT2D eigenvalue weighted by molar-refractivity contribution is 5.94. The molecule has 7 rings (SSSR count). The van der Waals surface area contributed by atoms with Crippen LogP contribution in [0, 0.1) is 0 Å². The van der Waals surface area contributed by atoms with Crippen LogP contribution in [0.1, 0.15) is 10.4 Å². The number of carbonyl (C=O) groups is 1. The van der Waals surface area contributed by atoms with Crippen molar-refractivity contribution in [3.8, 4) is 34.4 Å². The van der Waals surface area contributed by atoms with Gasteiger partial charge >= 0.3 is 0 Å². The third-order valence-corrected chi connectivity index (χ3v) is 5.99. The molecule has 1 amide bonds. The minimum absolute atomic E-state index is 0.422. The Kier molecular flexibility index (Phi) is 4.28. The summed E-state index contributed by atoms with van der Waals surface area (Å²) in [4.78, 5) is 25.1. The first-order valence-corrected chi connectivity index (χ1v) is 11.2. The van der Waals surface area contributed by atoms with Gasteiger partial charge in [0, 0.05) is 28.3 Å². The summed E-state index contributed by atoms with van der Waals surface area (Å²) >= 11 is 0. The third-order valence-electron chi connectivity index (χ3n) is 5.99. The van der Waals surface area contributed by atoms with Crippen LogP contribution in [0.15, 0.2) is 98.2 Å². The van der Waals surface area contributed by atoms with Gasteiger partial charge in [0.1, 0.15) is 16.6 Å². The van der Waals surface area contributed by atoms with Crippen LogP contribution in [0.4, 0.5) is 0 Å². The number of amides is 1. The molecule has 4 aromatic carbocycles. The molecule has 172 valence electrons. The summed E-state index contributed by atoms with van der Waals surface area (Å²) in [5, 5.41) is 0. The molecule has 8 nitrogen and oxygen atoms in total. The number of benzene rings is 4. The van der Waals surface area contributed by atoms with Crippen molar-refractivity contribution < 1.29 is 18.0 Å². The maximum atomic E-state index is 11.3. The van der Waals surface area contributed by atoms with Crippen LogP contribution in [-0.2, 0) is 0 Å². The average Bonchev–Trinajstić information content (AvgIpc) is 3.63. The number of hydrogen-bond donors (Lipinski definition) is 1. The molecule has 3 heterocycles. The second-order valence-corrected chi connectivity index (χ2v) is 8.33. The third kappa shape index (κ3) is 3.32. The van der Waals surface area contributed by atoms with Crippen molar-refractivity contribution in [2.24, 2.45) is 5.73 Å². The van der Waals surface area contributed by atoms with Crippen molar-refractivity contribution in [3.63, 3.8) is 0 Å². The highest BCUT2D eigenvalue weighted by Crippen LogP contribution is 2.32. The number of nitrogens with two attached hydrogens (primary N) is 1. The number of primary amides is 1. The van der Waals surface area contributed by atoms with E-state index in [0.29, 0.717) is 45.4 Å². The molecule has 0 bridgehead atoms. The van der Waals surface area contributed by atoms with Crippen LogP contribution in [0.25, 0.3) is 67.7 Å². The van der Waals surface area contributed by atoms with E-state index in [-0.39, 0.29) is 0 Å². The Balaban J connectivity index is 1.20. The molecule has 0 unspecified atom stereocenters. The molecular weight excluding hydrogens is 456 g/mol. The van der Waals surface area contributed by atoms with Gasteiger partial charge in [0.25, 0.3) is 0 Å². The largest absolute Gasteiger partial charge is 0.436 e. The zero-order valence-corrected chi connectivity index (χ0v) is 18.6. The van der Waals surface area contributed by atoms with Gasteiger partial charge in [-0.05, 0) is 66.7 Å². The fraction of sp³-hybridized carbons (Fsp3) is 0. The molecule has 0 spiro atoms. The lowest BCUT2D eigenvalue weighted by molar-refractivity contribution is 0.100. The van der Waals surface area contributed by atoms with E-state index >= 15 is 0 Å². The van der Waals surface area contributed by atoms with Gasteiger partial charge in [0.05, 0.1) is 0 Å². The smallest absolute Gasteiger partial charge is 0.248 e. The monoisotopic (exact) mass is 472 g/mol. The number of rotatable bonds is 4. The van der Waals surface area contributed by atoms with Crippen molar-refractivity contribution in [2.45, 2.75) is 0 Å². The van der Waals surface area contributed by atoms with Crippen LogP contribution in [0.3, 0.4) is 0 Å². The van der Waals surface area contributed by atoms with E-state index in [2.05, 4.69) is 15.0 Å². The van der Waals surface area contributed by atoms with E-state index in [1.54, 1.807) is 30.3 Å². The van der Waals surface area contributed by atoms with Crippen LogP contribution >= 0.6 is 0 Å². The first-order valence-electron chi connectivity index (χ1n) is 11.2. The number of para-hydroxylation sites is 2. The van der Waals surface area contributed by atoms with Crippen LogP contribution in [-0.4, -0.2) is 20.9 Å². The maximum absolute atomic E-state index is 11.3. The summed E-state index contributed by atoms with van der Waals surface area (Å²) in [5.74, 6) is 1.00. The van der Waals surface area contributed by atoms with E-state index in [1.165, 1.54) is 0 Å². The molecule has 36 heavy (non-hydrogen) atoms. The quantitative estimate of drug-likeness (QED) is 0.323. The van der Waals surface area contributed by atoms with Crippen molar-refractivity contribution in [2.75, 3.05) is 0 Å². The van der Waals surface area contributed by atoms with Crippen molar-refractivity contribution >= 4 is 39.2 Å². The lowest BCUT2D eigenvalue weighted by Crippen LogP contribution is -2.10. The Hall–Kier alpha value is -5.24. The van der Waals surface area contributed by atoms with Gasteiger partial charge in [0.2, 0.25) is 23.6 Å². The van der Waals surface area contributed by atoms with E-state index in [9.17, 15) is 4.79 Å². The standard InChI is InChI=1S/C28H16N4O4/c29-25(33)15-5-7-16(8-6-15)27-31-20-13-21-24(14-23(20)35-27)36-28(32-21)18-11-9-17(10-12-18)26-30-19-3-1-2-4-22(19)34-26/h1-14H,(H2,29,33). The summed E-state index contributed by atoms with van der Waals surface area (Å²) in [6.45, 7) is 0. The molecule has 0 aliphatic heterocycles. The zero-order valence-electron chi connectivity index (χ0n) is 18.6. The second-order valence-electron chi connectivity index (χ2n) is 8.33. The molecule has 7 aromatic rings. The topological polar surface area (TPSA) is 121 Å². The molecule has 0 aliphatic rings. The number of carbonyl (C=O) groups excluding carboxylic acids is 1. The fourth-order valence-electron chi connectivity index (χ4n) is 4.12. The number of aromatic nitrogens is 3. The van der Waals surface area contributed by atoms with E-state index < -0.39 is 5.91 Å². The van der Waals surface area contributed by atoms with Crippen molar-refractivity contribution in [1.29, 1.82) is 0 Å². The number of hydrogen-bond acceptors (Lipinski definition) is 7. The minimum Gasteiger partial charge on any atom is -0.436 e. The lowest BCUT2D eigenvalue weighted by atomic mass is 10.1. The minimum atomic E-state index is -0.484. The zero-order chi connectivity index (χ0) is 24.2. The van der Waals surface area contributed by atoms with Crippen LogP contribution < -0.4 is 5.73 Å². The molecule has 2 N–H and O–H groups in total. The van der Waals surface area contributed by atoms with E-state index in [4.69, 9.17) is 19.0 Å². The molecule has 0 fully saturated rings. The summed E-state index contributed by atoms with van der Waals surface area (Å²) < 4.78 is 17.8. The molecule has 8 heteroatoms. The number of nitrogens with zero attached hydrogens (tertiary/aromatic N) is 3. The Morgan fingerprint density at radius 3 is 1.56 bits per heavy atom. The second kappa shape index (κ2) is 7.64. The van der Waals surface area contributed by atoms with Gasteiger partial charge < -0.3 is 19.0 Å². The molecule has 3 aromatic heterocycles. The highest BCUT2D eigenvalue weighted by atomic mass is 16.4. The fourth-order valence-corrected chi connectivity index (χ4v) is 4.12. The number of oxazole rings is 3. The van der Waals surface area contributed by atoms with Gasteiger partial charge in [0.15, 0.2) is 16.7 Å².